The fraction of sp³-hybridized carbons (Fsp3) is 0.276. The minimum Gasteiger partial charge on any atom is -0.329 e. The molecule has 3 aromatic carbocycles. The third-order valence-corrected chi connectivity index (χ3v) is 6.27. The second kappa shape index (κ2) is 9.64. The topological polar surface area (TPSA) is 55.2 Å². The third-order valence-electron chi connectivity index (χ3n) is 6.27. The predicted molar refractivity (Wildman–Crippen MR) is 138 cm³/mol. The third kappa shape index (κ3) is 4.38. The van der Waals surface area contributed by atoms with E-state index < -0.39 is 6.04 Å². The first-order chi connectivity index (χ1) is 16.3. The Kier molecular flexibility index (Phi) is 6.64. The lowest BCUT2D eigenvalue weighted by atomic mass is 10.1. The van der Waals surface area contributed by atoms with Gasteiger partial charge < -0.3 is 4.90 Å². The highest BCUT2D eigenvalue weighted by atomic mass is 16.2. The lowest BCUT2D eigenvalue weighted by molar-refractivity contribution is 0.0681. The number of hydrogen-bond donors (Lipinski definition) is 0. The summed E-state index contributed by atoms with van der Waals surface area (Å²) in [6, 6.07) is 20.7. The van der Waals surface area contributed by atoms with Gasteiger partial charge in [0.15, 0.2) is 0 Å². The standard InChI is InChI=1S/C29H31N3O2/c1-6-17-31(28(33)23-15-12-19(2)13-16-23)22(5)27-30-25-10-8-7-9-24(25)29(34)32(27)26-18-20(3)11-14-21(26)4/h7-16,18,22H,6,17H2,1-5H3. The van der Waals surface area contributed by atoms with Crippen LogP contribution in [0.4, 0.5) is 0 Å². The molecule has 1 amide bonds. The van der Waals surface area contributed by atoms with Crippen LogP contribution < -0.4 is 5.56 Å². The van der Waals surface area contributed by atoms with E-state index in [1.54, 1.807) is 4.57 Å². The van der Waals surface area contributed by atoms with Gasteiger partial charge in [0, 0.05) is 12.1 Å². The zero-order valence-corrected chi connectivity index (χ0v) is 20.5. The number of benzene rings is 3. The van der Waals surface area contributed by atoms with Crippen molar-refractivity contribution in [2.24, 2.45) is 0 Å². The largest absolute Gasteiger partial charge is 0.329 e. The summed E-state index contributed by atoms with van der Waals surface area (Å²) in [5.74, 6) is 0.496. The molecule has 4 aromatic rings. The van der Waals surface area contributed by atoms with Crippen LogP contribution in [0.1, 0.15) is 59.2 Å². The van der Waals surface area contributed by atoms with Gasteiger partial charge in [0.05, 0.1) is 22.6 Å². The van der Waals surface area contributed by atoms with E-state index in [0.717, 1.165) is 28.8 Å². The maximum atomic E-state index is 13.8. The SMILES string of the molecule is CCCN(C(=O)c1ccc(C)cc1)C(C)c1nc2ccccc2c(=O)n1-c1cc(C)ccc1C. The van der Waals surface area contributed by atoms with Crippen molar-refractivity contribution in [1.29, 1.82) is 0 Å². The van der Waals surface area contributed by atoms with Crippen molar-refractivity contribution in [1.82, 2.24) is 14.5 Å². The molecule has 1 heterocycles. The molecule has 0 aliphatic heterocycles. The Morgan fingerprint density at radius 3 is 2.35 bits per heavy atom. The molecule has 0 saturated heterocycles. The highest BCUT2D eigenvalue weighted by molar-refractivity contribution is 5.94. The Bertz CT molecular complexity index is 1400. The molecule has 1 aromatic heterocycles. The van der Waals surface area contributed by atoms with Crippen LogP contribution in [0.25, 0.3) is 16.6 Å². The molecule has 0 radical (unpaired) electrons. The van der Waals surface area contributed by atoms with Gasteiger partial charge in [-0.05, 0) is 75.6 Å². The van der Waals surface area contributed by atoms with E-state index in [-0.39, 0.29) is 11.5 Å². The van der Waals surface area contributed by atoms with Crippen LogP contribution in [0.3, 0.4) is 0 Å². The van der Waals surface area contributed by atoms with E-state index in [0.29, 0.717) is 28.8 Å². The van der Waals surface area contributed by atoms with Crippen molar-refractivity contribution in [3.05, 3.63) is 105 Å². The first-order valence-electron chi connectivity index (χ1n) is 11.8. The number of nitrogens with zero attached hydrogens (tertiary/aromatic N) is 3. The molecule has 0 bridgehead atoms. The van der Waals surface area contributed by atoms with Crippen molar-refractivity contribution in [3.63, 3.8) is 0 Å². The van der Waals surface area contributed by atoms with Crippen LogP contribution in [0.5, 0.6) is 0 Å². The maximum absolute atomic E-state index is 13.8. The van der Waals surface area contributed by atoms with Crippen LogP contribution in [-0.4, -0.2) is 26.9 Å². The Morgan fingerprint density at radius 2 is 1.65 bits per heavy atom. The summed E-state index contributed by atoms with van der Waals surface area (Å²) in [4.78, 5) is 34.2. The van der Waals surface area contributed by atoms with Crippen molar-refractivity contribution < 1.29 is 4.79 Å². The summed E-state index contributed by atoms with van der Waals surface area (Å²) in [5, 5.41) is 0.561. The molecule has 34 heavy (non-hydrogen) atoms. The Morgan fingerprint density at radius 1 is 0.971 bits per heavy atom. The molecule has 5 heteroatoms. The predicted octanol–water partition coefficient (Wildman–Crippen LogP) is 5.92. The van der Waals surface area contributed by atoms with Crippen molar-refractivity contribution in [2.45, 2.75) is 47.1 Å². The summed E-state index contributed by atoms with van der Waals surface area (Å²) in [5.41, 5.74) is 5.07. The van der Waals surface area contributed by atoms with Gasteiger partial charge in [0.25, 0.3) is 11.5 Å². The first-order valence-corrected chi connectivity index (χ1v) is 11.8. The lowest BCUT2D eigenvalue weighted by Gasteiger charge is -2.31. The molecule has 1 atom stereocenters. The Hall–Kier alpha value is -3.73. The summed E-state index contributed by atoms with van der Waals surface area (Å²) in [7, 11) is 0. The number of aryl methyl sites for hydroxylation is 3. The molecule has 0 aliphatic rings. The second-order valence-electron chi connectivity index (χ2n) is 8.96. The van der Waals surface area contributed by atoms with E-state index in [9.17, 15) is 9.59 Å². The van der Waals surface area contributed by atoms with E-state index >= 15 is 0 Å². The van der Waals surface area contributed by atoms with Crippen molar-refractivity contribution >= 4 is 16.8 Å². The fourth-order valence-electron chi connectivity index (χ4n) is 4.34. The average molecular weight is 454 g/mol. The molecule has 0 saturated carbocycles. The van der Waals surface area contributed by atoms with Crippen LogP contribution in [0, 0.1) is 20.8 Å². The zero-order chi connectivity index (χ0) is 24.4. The number of carbonyl (C=O) groups excluding carboxylic acids is 1. The molecule has 0 aliphatic carbocycles. The highest BCUT2D eigenvalue weighted by Gasteiger charge is 2.27. The van der Waals surface area contributed by atoms with E-state index in [1.807, 2.05) is 106 Å². The summed E-state index contributed by atoms with van der Waals surface area (Å²) < 4.78 is 1.69. The van der Waals surface area contributed by atoms with Gasteiger partial charge in [-0.3, -0.25) is 14.2 Å². The Labute approximate surface area is 200 Å². The number of aromatic nitrogens is 2. The highest BCUT2D eigenvalue weighted by Crippen LogP contribution is 2.26. The number of hydrogen-bond acceptors (Lipinski definition) is 3. The van der Waals surface area contributed by atoms with Gasteiger partial charge in [-0.1, -0.05) is 48.9 Å². The average Bonchev–Trinajstić information content (AvgIpc) is 2.84. The molecule has 0 N–H and O–H groups in total. The molecule has 5 nitrogen and oxygen atoms in total. The van der Waals surface area contributed by atoms with Gasteiger partial charge in [0.2, 0.25) is 0 Å². The molecule has 174 valence electrons. The monoisotopic (exact) mass is 453 g/mol. The number of para-hydroxylation sites is 1. The minimum absolute atomic E-state index is 0.0655. The smallest absolute Gasteiger partial charge is 0.266 e. The summed E-state index contributed by atoms with van der Waals surface area (Å²) in [6.07, 6.45) is 0.795. The van der Waals surface area contributed by atoms with Gasteiger partial charge in [-0.15, -0.1) is 0 Å². The van der Waals surface area contributed by atoms with Gasteiger partial charge in [0.1, 0.15) is 5.82 Å². The Balaban J connectivity index is 1.94. The molecule has 1 unspecified atom stereocenters. The normalized spacial score (nSPS) is 12.0. The van der Waals surface area contributed by atoms with Crippen molar-refractivity contribution in [3.8, 4) is 5.69 Å². The zero-order valence-electron chi connectivity index (χ0n) is 20.5. The summed E-state index contributed by atoms with van der Waals surface area (Å²) >= 11 is 0. The lowest BCUT2D eigenvalue weighted by Crippen LogP contribution is -2.38. The van der Waals surface area contributed by atoms with Gasteiger partial charge >= 0.3 is 0 Å². The maximum Gasteiger partial charge on any atom is 0.266 e. The number of rotatable bonds is 6. The first kappa shape index (κ1) is 23.4. The summed E-state index contributed by atoms with van der Waals surface area (Å²) in [6.45, 7) is 10.6. The van der Waals surface area contributed by atoms with Crippen LogP contribution in [0.15, 0.2) is 71.5 Å². The molecule has 0 fully saturated rings. The molecule has 0 spiro atoms. The van der Waals surface area contributed by atoms with E-state index in [2.05, 4.69) is 0 Å². The molecule has 4 rings (SSSR count). The number of amides is 1. The van der Waals surface area contributed by atoms with E-state index in [4.69, 9.17) is 4.98 Å². The molecular weight excluding hydrogens is 422 g/mol. The van der Waals surface area contributed by atoms with Crippen molar-refractivity contribution in [2.75, 3.05) is 6.54 Å². The number of fused-ring (bicyclic) bond motifs is 1. The van der Waals surface area contributed by atoms with E-state index in [1.165, 1.54) is 0 Å². The minimum atomic E-state index is -0.411. The quantitative estimate of drug-likeness (QED) is 0.364. The fourth-order valence-corrected chi connectivity index (χ4v) is 4.34. The number of carbonyl (C=O) groups is 1. The van der Waals surface area contributed by atoms with Crippen LogP contribution in [-0.2, 0) is 0 Å². The van der Waals surface area contributed by atoms with Gasteiger partial charge in [-0.25, -0.2) is 4.98 Å². The second-order valence-corrected chi connectivity index (χ2v) is 8.96. The van der Waals surface area contributed by atoms with Crippen LogP contribution in [0.2, 0.25) is 0 Å². The van der Waals surface area contributed by atoms with Crippen LogP contribution >= 0.6 is 0 Å². The van der Waals surface area contributed by atoms with Gasteiger partial charge in [-0.2, -0.15) is 0 Å². The molecular formula is C29H31N3O2.